The third-order valence-corrected chi connectivity index (χ3v) is 4.96. The van der Waals surface area contributed by atoms with Crippen LogP contribution in [-0.4, -0.2) is 23.1 Å². The number of Topliss-reactive ketones (excluding diaryl/α,β-unsaturated/α-hetero) is 1. The molecule has 24 heavy (non-hydrogen) atoms. The van der Waals surface area contributed by atoms with Crippen molar-refractivity contribution in [2.24, 2.45) is 0 Å². The summed E-state index contributed by atoms with van der Waals surface area (Å²) in [4.78, 5) is 26.7. The van der Waals surface area contributed by atoms with Crippen molar-refractivity contribution >= 4 is 27.6 Å². The van der Waals surface area contributed by atoms with Gasteiger partial charge in [-0.1, -0.05) is 58.4 Å². The van der Waals surface area contributed by atoms with Crippen molar-refractivity contribution in [3.63, 3.8) is 0 Å². The Morgan fingerprint density at radius 1 is 1.04 bits per heavy atom. The molecule has 4 heteroatoms. The van der Waals surface area contributed by atoms with Gasteiger partial charge in [0.25, 0.3) is 0 Å². The molecule has 1 unspecified atom stereocenters. The number of hydrogen-bond donors (Lipinski definition) is 0. The fourth-order valence-electron chi connectivity index (χ4n) is 3.26. The van der Waals surface area contributed by atoms with Crippen LogP contribution < -0.4 is 0 Å². The molecule has 1 saturated heterocycles. The smallest absolute Gasteiger partial charge is 0.223 e. The average Bonchev–Trinajstić information content (AvgIpc) is 3.10. The van der Waals surface area contributed by atoms with Gasteiger partial charge < -0.3 is 4.90 Å². The Hall–Kier alpha value is -1.94. The molecule has 0 aliphatic carbocycles. The lowest BCUT2D eigenvalue weighted by molar-refractivity contribution is -0.132. The van der Waals surface area contributed by atoms with Gasteiger partial charge in [0, 0.05) is 29.4 Å². The molecule has 2 aromatic carbocycles. The predicted octanol–water partition coefficient (Wildman–Crippen LogP) is 4.78. The summed E-state index contributed by atoms with van der Waals surface area (Å²) >= 11 is 3.49. The Balaban J connectivity index is 1.63. The van der Waals surface area contributed by atoms with Crippen molar-refractivity contribution < 1.29 is 9.59 Å². The largest absolute Gasteiger partial charge is 0.336 e. The van der Waals surface area contributed by atoms with Crippen molar-refractivity contribution in [3.05, 3.63) is 70.2 Å². The molecule has 1 heterocycles. The number of hydrogen-bond acceptors (Lipinski definition) is 2. The summed E-state index contributed by atoms with van der Waals surface area (Å²) in [6.07, 6.45) is 2.53. The zero-order valence-electron chi connectivity index (χ0n) is 13.5. The molecule has 3 nitrogen and oxygen atoms in total. The Labute approximate surface area is 150 Å². The maximum absolute atomic E-state index is 12.6. The summed E-state index contributed by atoms with van der Waals surface area (Å²) < 4.78 is 1.03. The fourth-order valence-corrected chi connectivity index (χ4v) is 3.68. The van der Waals surface area contributed by atoms with Gasteiger partial charge in [-0.25, -0.2) is 0 Å². The van der Waals surface area contributed by atoms with E-state index in [9.17, 15) is 9.59 Å². The van der Waals surface area contributed by atoms with Crippen LogP contribution >= 0.6 is 15.9 Å². The van der Waals surface area contributed by atoms with Crippen molar-refractivity contribution in [2.45, 2.75) is 31.7 Å². The minimum absolute atomic E-state index is 0.0298. The first-order chi connectivity index (χ1) is 11.6. The summed E-state index contributed by atoms with van der Waals surface area (Å²) in [5, 5.41) is 0. The Bertz CT molecular complexity index is 729. The van der Waals surface area contributed by atoms with Gasteiger partial charge in [0.1, 0.15) is 0 Å². The van der Waals surface area contributed by atoms with E-state index in [2.05, 4.69) is 28.1 Å². The second kappa shape index (κ2) is 7.75. The molecule has 0 aromatic heterocycles. The first-order valence-electron chi connectivity index (χ1n) is 8.28. The number of ketones is 1. The molecule has 3 rings (SSSR count). The molecule has 0 spiro atoms. The number of rotatable bonds is 5. The van der Waals surface area contributed by atoms with Crippen LogP contribution in [0.4, 0.5) is 0 Å². The van der Waals surface area contributed by atoms with Gasteiger partial charge in [0.05, 0.1) is 6.04 Å². The summed E-state index contributed by atoms with van der Waals surface area (Å²) in [6, 6.07) is 17.4. The predicted molar refractivity (Wildman–Crippen MR) is 97.8 cm³/mol. The van der Waals surface area contributed by atoms with Crippen LogP contribution in [0.1, 0.15) is 47.6 Å². The van der Waals surface area contributed by atoms with Crippen molar-refractivity contribution in [2.75, 3.05) is 6.54 Å². The maximum Gasteiger partial charge on any atom is 0.223 e. The molecule has 0 saturated carbocycles. The van der Waals surface area contributed by atoms with Crippen molar-refractivity contribution in [1.29, 1.82) is 0 Å². The van der Waals surface area contributed by atoms with Crippen LogP contribution in [0.15, 0.2) is 59.1 Å². The molecule has 2 aromatic rings. The van der Waals surface area contributed by atoms with E-state index in [4.69, 9.17) is 0 Å². The van der Waals surface area contributed by atoms with Gasteiger partial charge in [0.2, 0.25) is 5.91 Å². The van der Waals surface area contributed by atoms with Crippen molar-refractivity contribution in [3.8, 4) is 0 Å². The van der Waals surface area contributed by atoms with E-state index in [-0.39, 0.29) is 30.6 Å². The van der Waals surface area contributed by atoms with Gasteiger partial charge in [-0.2, -0.15) is 0 Å². The SMILES string of the molecule is O=C(CCC(=O)N1CCCC1c1cccc(Br)c1)c1ccccc1. The molecule has 1 aliphatic rings. The number of amides is 1. The van der Waals surface area contributed by atoms with E-state index in [0.717, 1.165) is 29.4 Å². The molecule has 0 bridgehead atoms. The van der Waals surface area contributed by atoms with Crippen LogP contribution in [0, 0.1) is 0 Å². The molecule has 1 amide bonds. The molecule has 1 fully saturated rings. The molecule has 1 atom stereocenters. The quantitative estimate of drug-likeness (QED) is 0.694. The normalized spacial score (nSPS) is 17.0. The minimum Gasteiger partial charge on any atom is -0.336 e. The number of halogens is 1. The lowest BCUT2D eigenvalue weighted by atomic mass is 10.0. The van der Waals surface area contributed by atoms with Crippen molar-refractivity contribution in [1.82, 2.24) is 4.90 Å². The zero-order chi connectivity index (χ0) is 16.9. The molecular weight excluding hydrogens is 366 g/mol. The van der Waals surface area contributed by atoms with Crippen LogP contribution in [0.25, 0.3) is 0 Å². The minimum atomic E-state index is 0.0298. The summed E-state index contributed by atoms with van der Waals surface area (Å²) in [7, 11) is 0. The molecule has 1 aliphatic heterocycles. The average molecular weight is 386 g/mol. The Morgan fingerprint density at radius 2 is 1.83 bits per heavy atom. The van der Waals surface area contributed by atoms with E-state index in [1.54, 1.807) is 12.1 Å². The van der Waals surface area contributed by atoms with Gasteiger partial charge in [-0.15, -0.1) is 0 Å². The Kier molecular flexibility index (Phi) is 5.46. The molecule has 0 N–H and O–H groups in total. The first kappa shape index (κ1) is 16.9. The topological polar surface area (TPSA) is 37.4 Å². The lowest BCUT2D eigenvalue weighted by Gasteiger charge is -2.25. The van der Waals surface area contributed by atoms with Crippen LogP contribution in [0.2, 0.25) is 0 Å². The van der Waals surface area contributed by atoms with E-state index >= 15 is 0 Å². The van der Waals surface area contributed by atoms with Crippen LogP contribution in [0.5, 0.6) is 0 Å². The third-order valence-electron chi connectivity index (χ3n) is 4.47. The second-order valence-corrected chi connectivity index (χ2v) is 7.01. The van der Waals surface area contributed by atoms with E-state index in [1.165, 1.54) is 0 Å². The number of benzene rings is 2. The Morgan fingerprint density at radius 3 is 2.58 bits per heavy atom. The van der Waals surface area contributed by atoms with E-state index < -0.39 is 0 Å². The number of carbonyl (C=O) groups excluding carboxylic acids is 2. The highest BCUT2D eigenvalue weighted by molar-refractivity contribution is 9.10. The summed E-state index contributed by atoms with van der Waals surface area (Å²) in [5.74, 6) is 0.101. The maximum atomic E-state index is 12.6. The van der Waals surface area contributed by atoms with E-state index in [1.807, 2.05) is 35.2 Å². The summed E-state index contributed by atoms with van der Waals surface area (Å²) in [5.41, 5.74) is 1.83. The third kappa shape index (κ3) is 3.93. The standard InChI is InChI=1S/C20H20BrNO2/c21-17-9-4-8-16(14-17)18-10-5-13-22(18)20(24)12-11-19(23)15-6-2-1-3-7-15/h1-4,6-9,14,18H,5,10-13H2. The van der Waals surface area contributed by atoms with Crippen LogP contribution in [-0.2, 0) is 4.79 Å². The molecule has 0 radical (unpaired) electrons. The van der Waals surface area contributed by atoms with Gasteiger partial charge in [-0.3, -0.25) is 9.59 Å². The summed E-state index contributed by atoms with van der Waals surface area (Å²) in [6.45, 7) is 0.773. The fraction of sp³-hybridized carbons (Fsp3) is 0.300. The highest BCUT2D eigenvalue weighted by Crippen LogP contribution is 2.33. The van der Waals surface area contributed by atoms with E-state index in [0.29, 0.717) is 5.56 Å². The zero-order valence-corrected chi connectivity index (χ0v) is 15.0. The monoisotopic (exact) mass is 385 g/mol. The number of carbonyl (C=O) groups is 2. The van der Waals surface area contributed by atoms with Gasteiger partial charge in [0.15, 0.2) is 5.78 Å². The van der Waals surface area contributed by atoms with Crippen LogP contribution in [0.3, 0.4) is 0 Å². The number of nitrogens with zero attached hydrogens (tertiary/aromatic N) is 1. The lowest BCUT2D eigenvalue weighted by Crippen LogP contribution is -2.30. The molecule has 124 valence electrons. The first-order valence-corrected chi connectivity index (χ1v) is 9.07. The van der Waals surface area contributed by atoms with Gasteiger partial charge >= 0.3 is 0 Å². The molecular formula is C20H20BrNO2. The second-order valence-electron chi connectivity index (χ2n) is 6.09. The highest BCUT2D eigenvalue weighted by atomic mass is 79.9. The highest BCUT2D eigenvalue weighted by Gasteiger charge is 2.29. The number of likely N-dealkylation sites (tertiary alicyclic amines) is 1. The van der Waals surface area contributed by atoms with Gasteiger partial charge in [-0.05, 0) is 30.5 Å².